The Labute approximate surface area is 354 Å². The molecule has 13 nitrogen and oxygen atoms in total. The summed E-state index contributed by atoms with van der Waals surface area (Å²) < 4.78 is 24.0. The molecule has 3 aromatic heterocycles. The summed E-state index contributed by atoms with van der Waals surface area (Å²) in [6.07, 6.45) is 6.76. The Kier molecular flexibility index (Phi) is 11.6. The number of benzene rings is 3. The van der Waals surface area contributed by atoms with Gasteiger partial charge in [0.25, 0.3) is 11.8 Å². The molecule has 1 saturated heterocycles. The number of anilines is 1. The Balaban J connectivity index is 0.00000496. The summed E-state index contributed by atoms with van der Waals surface area (Å²) in [5.74, 6) is -3.13. The van der Waals surface area contributed by atoms with Crippen LogP contribution in [0.15, 0.2) is 131 Å². The van der Waals surface area contributed by atoms with Gasteiger partial charge in [-0.2, -0.15) is 13.8 Å². The van der Waals surface area contributed by atoms with E-state index in [4.69, 9.17) is 4.84 Å². The highest BCUT2D eigenvalue weighted by Gasteiger charge is 2.56. The smallest absolute Gasteiger partial charge is 0.353 e. The van der Waals surface area contributed by atoms with Gasteiger partial charge in [-0.1, -0.05) is 119 Å². The van der Waals surface area contributed by atoms with Crippen LogP contribution in [0.3, 0.4) is 0 Å². The minimum Gasteiger partial charge on any atom is -1.00 e. The average Bonchev–Trinajstić information content (AvgIpc) is 3.94. The number of nitrogens with zero attached hydrogens (tertiary/aromatic N) is 6. The number of thiazole rings is 1. The van der Waals surface area contributed by atoms with E-state index in [0.29, 0.717) is 10.8 Å². The van der Waals surface area contributed by atoms with E-state index in [-0.39, 0.29) is 41.1 Å². The molecule has 18 heteroatoms. The van der Waals surface area contributed by atoms with Gasteiger partial charge in [0.2, 0.25) is 27.8 Å². The SMILES string of the molecule is CON=C(C(=O)N[C@@H]1C(=O)N2C(C(=O)O)=C(C=Cc3csc4cn(C)c[n+]34)C(F)S[C@H]12)c1nsc(NC(c2ccccc2)(c2ccccc2)c2ccccc2)n1.[I-]. The van der Waals surface area contributed by atoms with Crippen LogP contribution in [0, 0.1) is 0 Å². The number of rotatable bonds is 12. The fourth-order valence-electron chi connectivity index (χ4n) is 6.86. The molecule has 2 aliphatic heterocycles. The lowest BCUT2D eigenvalue weighted by molar-refractivity contribution is -0.510. The molecule has 3 N–H and O–H groups in total. The first-order valence-corrected chi connectivity index (χ1v) is 19.7. The normalized spacial score (nSPS) is 18.2. The number of aliphatic carboxylic acids is 1. The molecular weight excluding hydrogens is 903 g/mol. The van der Waals surface area contributed by atoms with Crippen LogP contribution < -0.4 is 39.0 Å². The number of carboxylic acids is 1. The van der Waals surface area contributed by atoms with Crippen molar-refractivity contribution in [3.8, 4) is 0 Å². The Morgan fingerprint density at radius 2 is 1.61 bits per heavy atom. The van der Waals surface area contributed by atoms with Gasteiger partial charge in [0.1, 0.15) is 41.7 Å². The highest BCUT2D eigenvalue weighted by Crippen LogP contribution is 2.45. The van der Waals surface area contributed by atoms with E-state index >= 15 is 4.39 Å². The molecule has 8 rings (SSSR count). The van der Waals surface area contributed by atoms with Gasteiger partial charge in [-0.3, -0.25) is 14.5 Å². The first-order chi connectivity index (χ1) is 27.2. The molecule has 6 aromatic rings. The number of oxime groups is 1. The van der Waals surface area contributed by atoms with Crippen molar-refractivity contribution < 1.29 is 57.1 Å². The second kappa shape index (κ2) is 16.6. The Hall–Kier alpha value is -5.44. The van der Waals surface area contributed by atoms with Crippen LogP contribution in [0.4, 0.5) is 9.52 Å². The second-order valence-corrected chi connectivity index (χ2v) is 15.6. The number of carbonyl (C=O) groups excluding carboxylic acids is 2. The number of aryl methyl sites for hydroxylation is 1. The zero-order chi connectivity index (χ0) is 39.0. The number of nitrogens with one attached hydrogen (secondary N) is 2. The molecule has 290 valence electrons. The minimum atomic E-state index is -1.80. The molecule has 0 bridgehead atoms. The van der Waals surface area contributed by atoms with Crippen LogP contribution in [0.1, 0.15) is 28.2 Å². The molecule has 5 heterocycles. The maximum absolute atomic E-state index is 15.8. The highest BCUT2D eigenvalue weighted by atomic mass is 127. The number of hydrogen-bond donors (Lipinski definition) is 3. The minimum absolute atomic E-state index is 0. The third-order valence-electron chi connectivity index (χ3n) is 9.36. The molecule has 0 saturated carbocycles. The number of allylic oxidation sites excluding steroid dienone is 1. The van der Waals surface area contributed by atoms with Gasteiger partial charge in [-0.05, 0) is 28.8 Å². The predicted molar refractivity (Wildman–Crippen MR) is 211 cm³/mol. The number of imidazole rings is 1. The summed E-state index contributed by atoms with van der Waals surface area (Å²) >= 11 is 3.20. The van der Waals surface area contributed by atoms with E-state index in [2.05, 4.69) is 25.1 Å². The fourth-order valence-corrected chi connectivity index (χ4v) is 9.66. The maximum atomic E-state index is 15.8. The van der Waals surface area contributed by atoms with Gasteiger partial charge in [-0.15, -0.1) is 0 Å². The Morgan fingerprint density at radius 3 is 2.19 bits per heavy atom. The van der Waals surface area contributed by atoms with Crippen LogP contribution >= 0.6 is 34.6 Å². The lowest BCUT2D eigenvalue weighted by Gasteiger charge is -2.49. The molecule has 3 aromatic carbocycles. The molecule has 0 spiro atoms. The van der Waals surface area contributed by atoms with Gasteiger partial charge < -0.3 is 44.6 Å². The quantitative estimate of drug-likeness (QED) is 0.0419. The number of carboxylic acid groups (broad SMARTS) is 1. The molecule has 0 radical (unpaired) electrons. The van der Waals surface area contributed by atoms with E-state index in [0.717, 1.165) is 49.7 Å². The Morgan fingerprint density at radius 1 is 1.00 bits per heavy atom. The van der Waals surface area contributed by atoms with Crippen molar-refractivity contribution in [2.75, 3.05) is 12.4 Å². The van der Waals surface area contributed by atoms with Crippen LogP contribution in [-0.4, -0.2) is 71.5 Å². The predicted octanol–water partition coefficient (Wildman–Crippen LogP) is 2.18. The number of β-lactam (4-membered cyclic amide) rings is 1. The van der Waals surface area contributed by atoms with E-state index in [1.165, 1.54) is 24.5 Å². The van der Waals surface area contributed by atoms with Crippen LogP contribution in [0.5, 0.6) is 0 Å². The number of alkyl halides is 1. The number of thioether (sulfide) groups is 1. The van der Waals surface area contributed by atoms with Gasteiger partial charge in [0.05, 0.1) is 7.05 Å². The second-order valence-electron chi connectivity index (χ2n) is 12.7. The first kappa shape index (κ1) is 39.8. The summed E-state index contributed by atoms with van der Waals surface area (Å²) in [5, 5.41) is 21.4. The third kappa shape index (κ3) is 7.33. The monoisotopic (exact) mass is 934 g/mol. The number of amides is 2. The van der Waals surface area contributed by atoms with Gasteiger partial charge in [-0.25, -0.2) is 13.8 Å². The molecular formula is C39H32FIN8O5S3. The number of aromatic nitrogens is 4. The lowest BCUT2D eigenvalue weighted by atomic mass is 9.77. The van der Waals surface area contributed by atoms with Crippen molar-refractivity contribution >= 4 is 74.2 Å². The van der Waals surface area contributed by atoms with Crippen molar-refractivity contribution in [3.63, 3.8) is 0 Å². The zero-order valence-electron chi connectivity index (χ0n) is 30.0. The van der Waals surface area contributed by atoms with E-state index in [9.17, 15) is 19.5 Å². The number of halogens is 2. The molecule has 2 aliphatic rings. The van der Waals surface area contributed by atoms with Crippen molar-refractivity contribution in [2.24, 2.45) is 12.2 Å². The standard InChI is InChI=1S/C39H31FN8O5S3.HI/c1-46-20-28-47(22-46)26(21-54-28)18-19-27-31(37(51)52)48-35(50)30(36(48)55-32(27)40)41-34(49)29(44-53-2)33-42-38(56-45-33)43-39(23-12-6-3-7-13-23,24-14-8-4-9-15-24)25-16-10-5-11-17-25;/h3-22,30,32,36H,1-2H3,(H2-,41,42,43,45,49,51,52);1H/t30-,32?,36-;/m1./s1. The lowest BCUT2D eigenvalue weighted by Crippen LogP contribution is -3.00. The largest absolute Gasteiger partial charge is 1.00 e. The average molecular weight is 935 g/mol. The highest BCUT2D eigenvalue weighted by molar-refractivity contribution is 8.00. The van der Waals surface area contributed by atoms with Crippen molar-refractivity contribution in [3.05, 3.63) is 154 Å². The van der Waals surface area contributed by atoms with E-state index in [1.54, 1.807) is 6.08 Å². The summed E-state index contributed by atoms with van der Waals surface area (Å²) in [5.41, 5.74) is -0.226. The van der Waals surface area contributed by atoms with Gasteiger partial charge in [0.15, 0.2) is 5.50 Å². The van der Waals surface area contributed by atoms with Crippen molar-refractivity contribution in [1.29, 1.82) is 0 Å². The topological polar surface area (TPSA) is 155 Å². The summed E-state index contributed by atoms with van der Waals surface area (Å²) in [7, 11) is 3.13. The van der Waals surface area contributed by atoms with Gasteiger partial charge >= 0.3 is 5.97 Å². The zero-order valence-corrected chi connectivity index (χ0v) is 34.6. The molecule has 1 unspecified atom stereocenters. The molecule has 1 fully saturated rings. The summed E-state index contributed by atoms with van der Waals surface area (Å²) in [6, 6.07) is 28.3. The van der Waals surface area contributed by atoms with Crippen molar-refractivity contribution in [2.45, 2.75) is 22.5 Å². The third-order valence-corrected chi connectivity index (χ3v) is 12.1. The van der Waals surface area contributed by atoms with Crippen LogP contribution in [-0.2, 0) is 31.8 Å². The van der Waals surface area contributed by atoms with Crippen molar-refractivity contribution in [1.82, 2.24) is 24.1 Å². The molecule has 0 aliphatic carbocycles. The van der Waals surface area contributed by atoms with Gasteiger partial charge in [0, 0.05) is 22.5 Å². The number of fused-ring (bicyclic) bond motifs is 2. The maximum Gasteiger partial charge on any atom is 0.353 e. The van der Waals surface area contributed by atoms with E-state index < -0.39 is 45.9 Å². The molecule has 57 heavy (non-hydrogen) atoms. The fraction of sp³-hybridized carbons (Fsp3) is 0.154. The summed E-state index contributed by atoms with van der Waals surface area (Å²) in [4.78, 5) is 51.4. The molecule has 2 amide bonds. The molecule has 3 atom stereocenters. The first-order valence-electron chi connectivity index (χ1n) is 17.1. The number of carbonyl (C=O) groups is 3. The van der Waals surface area contributed by atoms with Crippen LogP contribution in [0.25, 0.3) is 10.9 Å². The number of hydrogen-bond acceptors (Lipinski definition) is 11. The Bertz CT molecular complexity index is 2450. The summed E-state index contributed by atoms with van der Waals surface area (Å²) in [6.45, 7) is 0. The van der Waals surface area contributed by atoms with Crippen LogP contribution in [0.2, 0.25) is 0 Å². The van der Waals surface area contributed by atoms with E-state index in [1.807, 2.05) is 125 Å².